The zero-order valence-corrected chi connectivity index (χ0v) is 11.0. The van der Waals surface area contributed by atoms with E-state index in [1.54, 1.807) is 0 Å². The number of rotatable bonds is 7. The Hall–Kier alpha value is -0.343. The lowest BCUT2D eigenvalue weighted by Crippen LogP contribution is -2.31. The highest BCUT2D eigenvalue weighted by atomic mass is 28.4. The van der Waals surface area contributed by atoms with Crippen molar-refractivity contribution in [2.75, 3.05) is 0 Å². The minimum atomic E-state index is -1.41. The van der Waals surface area contributed by atoms with E-state index in [0.29, 0.717) is 6.10 Å². The van der Waals surface area contributed by atoms with Crippen LogP contribution in [0.15, 0.2) is 24.8 Å². The van der Waals surface area contributed by atoms with Crippen LogP contribution in [0.3, 0.4) is 0 Å². The van der Waals surface area contributed by atoms with Crippen molar-refractivity contribution in [3.63, 3.8) is 0 Å². The molecular formula is C12H24OSi. The predicted molar refractivity (Wildman–Crippen MR) is 67.1 cm³/mol. The summed E-state index contributed by atoms with van der Waals surface area (Å²) >= 11 is 0. The van der Waals surface area contributed by atoms with Gasteiger partial charge in [0.1, 0.15) is 0 Å². The maximum Gasteiger partial charge on any atom is 0.184 e. The molecule has 0 amide bonds. The summed E-state index contributed by atoms with van der Waals surface area (Å²) in [4.78, 5) is 0. The van der Waals surface area contributed by atoms with Crippen molar-refractivity contribution in [2.24, 2.45) is 0 Å². The second kappa shape index (κ2) is 7.02. The van der Waals surface area contributed by atoms with E-state index in [1.807, 2.05) is 12.2 Å². The third-order valence-electron chi connectivity index (χ3n) is 1.81. The van der Waals surface area contributed by atoms with Gasteiger partial charge >= 0.3 is 0 Å². The molecule has 0 aromatic heterocycles. The predicted octanol–water partition coefficient (Wildman–Crippen LogP) is 4.14. The lowest BCUT2D eigenvalue weighted by atomic mass is 10.1. The Kier molecular flexibility index (Phi) is 6.84. The minimum Gasteiger partial charge on any atom is -0.411 e. The Balaban J connectivity index is 4.10. The van der Waals surface area contributed by atoms with Crippen molar-refractivity contribution in [3.8, 4) is 0 Å². The van der Waals surface area contributed by atoms with Crippen LogP contribution in [-0.2, 0) is 4.43 Å². The van der Waals surface area contributed by atoms with Gasteiger partial charge < -0.3 is 4.43 Å². The van der Waals surface area contributed by atoms with Gasteiger partial charge in [0.15, 0.2) is 8.32 Å². The van der Waals surface area contributed by atoms with Crippen LogP contribution in [0.4, 0.5) is 0 Å². The average Bonchev–Trinajstić information content (AvgIpc) is 2.07. The smallest absolute Gasteiger partial charge is 0.184 e. The van der Waals surface area contributed by atoms with Gasteiger partial charge in [-0.3, -0.25) is 0 Å². The molecule has 0 fully saturated rings. The highest BCUT2D eigenvalue weighted by molar-refractivity contribution is 6.69. The minimum absolute atomic E-state index is 0.291. The molecule has 0 rings (SSSR count). The van der Waals surface area contributed by atoms with Gasteiger partial charge in [-0.25, -0.2) is 0 Å². The fourth-order valence-corrected chi connectivity index (χ4v) is 2.36. The van der Waals surface area contributed by atoms with E-state index in [1.165, 1.54) is 12.8 Å². The highest BCUT2D eigenvalue weighted by Crippen LogP contribution is 2.13. The SMILES string of the molecule is C=CC=CC(CCCC)O[Si](C)(C)C. The first-order valence-electron chi connectivity index (χ1n) is 5.46. The first-order chi connectivity index (χ1) is 6.49. The van der Waals surface area contributed by atoms with E-state index < -0.39 is 8.32 Å². The van der Waals surface area contributed by atoms with Crippen LogP contribution in [0.25, 0.3) is 0 Å². The number of hydrogen-bond donors (Lipinski definition) is 0. The Morgan fingerprint density at radius 1 is 1.36 bits per heavy atom. The summed E-state index contributed by atoms with van der Waals surface area (Å²) in [7, 11) is -1.41. The van der Waals surface area contributed by atoms with Crippen LogP contribution < -0.4 is 0 Å². The summed E-state index contributed by atoms with van der Waals surface area (Å²) in [5, 5.41) is 0. The third-order valence-corrected chi connectivity index (χ3v) is 2.82. The van der Waals surface area contributed by atoms with Crippen molar-refractivity contribution in [1.29, 1.82) is 0 Å². The Morgan fingerprint density at radius 2 is 2.00 bits per heavy atom. The number of hydrogen-bond acceptors (Lipinski definition) is 1. The summed E-state index contributed by atoms with van der Waals surface area (Å²) in [5.74, 6) is 0. The molecule has 0 aliphatic rings. The van der Waals surface area contributed by atoms with E-state index in [4.69, 9.17) is 4.43 Å². The Bertz CT molecular complexity index is 179. The van der Waals surface area contributed by atoms with E-state index in [9.17, 15) is 0 Å². The summed E-state index contributed by atoms with van der Waals surface area (Å²) in [6.07, 6.45) is 9.81. The lowest BCUT2D eigenvalue weighted by Gasteiger charge is -2.24. The second-order valence-electron chi connectivity index (χ2n) is 4.53. The number of allylic oxidation sites excluding steroid dienone is 2. The Morgan fingerprint density at radius 3 is 2.43 bits per heavy atom. The van der Waals surface area contributed by atoms with Gasteiger partial charge in [0.25, 0.3) is 0 Å². The molecule has 82 valence electrons. The molecule has 0 N–H and O–H groups in total. The van der Waals surface area contributed by atoms with Crippen molar-refractivity contribution < 1.29 is 4.43 Å². The first kappa shape index (κ1) is 13.7. The van der Waals surface area contributed by atoms with Crippen molar-refractivity contribution in [2.45, 2.75) is 51.9 Å². The maximum absolute atomic E-state index is 6.05. The molecule has 0 aliphatic heterocycles. The van der Waals surface area contributed by atoms with Crippen LogP contribution >= 0.6 is 0 Å². The highest BCUT2D eigenvalue weighted by Gasteiger charge is 2.18. The molecule has 0 saturated heterocycles. The molecule has 0 aromatic carbocycles. The quantitative estimate of drug-likeness (QED) is 0.455. The molecule has 2 heteroatoms. The van der Waals surface area contributed by atoms with E-state index in [-0.39, 0.29) is 0 Å². The largest absolute Gasteiger partial charge is 0.411 e. The topological polar surface area (TPSA) is 9.23 Å². The van der Waals surface area contributed by atoms with E-state index >= 15 is 0 Å². The monoisotopic (exact) mass is 212 g/mol. The van der Waals surface area contributed by atoms with Gasteiger partial charge in [0, 0.05) is 0 Å². The van der Waals surface area contributed by atoms with Crippen LogP contribution in [0, 0.1) is 0 Å². The van der Waals surface area contributed by atoms with Gasteiger partial charge in [0.05, 0.1) is 6.10 Å². The molecule has 0 spiro atoms. The van der Waals surface area contributed by atoms with Crippen LogP contribution in [0.5, 0.6) is 0 Å². The van der Waals surface area contributed by atoms with Gasteiger partial charge in [-0.15, -0.1) is 0 Å². The standard InChI is InChI=1S/C12H24OSi/c1-6-8-10-12(11-9-7-2)13-14(3,4)5/h6,8,10,12H,1,7,9,11H2,2-5H3. The fourth-order valence-electron chi connectivity index (χ4n) is 1.26. The maximum atomic E-state index is 6.05. The zero-order valence-electron chi connectivity index (χ0n) is 10.0. The van der Waals surface area contributed by atoms with Gasteiger partial charge in [-0.1, -0.05) is 44.6 Å². The zero-order chi connectivity index (χ0) is 11.0. The molecule has 1 atom stereocenters. The molecule has 0 aliphatic carbocycles. The molecule has 1 nitrogen and oxygen atoms in total. The summed E-state index contributed by atoms with van der Waals surface area (Å²) in [6.45, 7) is 12.6. The van der Waals surface area contributed by atoms with Crippen molar-refractivity contribution >= 4 is 8.32 Å². The molecule has 0 heterocycles. The van der Waals surface area contributed by atoms with Crippen LogP contribution in [0.1, 0.15) is 26.2 Å². The molecule has 14 heavy (non-hydrogen) atoms. The summed E-state index contributed by atoms with van der Waals surface area (Å²) in [5.41, 5.74) is 0. The molecule has 1 unspecified atom stereocenters. The average molecular weight is 212 g/mol. The van der Waals surface area contributed by atoms with Crippen LogP contribution in [-0.4, -0.2) is 14.4 Å². The first-order valence-corrected chi connectivity index (χ1v) is 8.87. The summed E-state index contributed by atoms with van der Waals surface area (Å²) in [6, 6.07) is 0. The molecule has 0 radical (unpaired) electrons. The van der Waals surface area contributed by atoms with Gasteiger partial charge in [-0.05, 0) is 26.1 Å². The molecule has 0 saturated carbocycles. The van der Waals surface area contributed by atoms with Crippen LogP contribution in [0.2, 0.25) is 19.6 Å². The third kappa shape index (κ3) is 8.26. The molecular weight excluding hydrogens is 188 g/mol. The van der Waals surface area contributed by atoms with Crippen molar-refractivity contribution in [1.82, 2.24) is 0 Å². The second-order valence-corrected chi connectivity index (χ2v) is 8.99. The Labute approximate surface area is 90.0 Å². The van der Waals surface area contributed by atoms with Gasteiger partial charge in [0.2, 0.25) is 0 Å². The van der Waals surface area contributed by atoms with E-state index in [2.05, 4.69) is 39.2 Å². The normalized spacial score (nSPS) is 14.6. The molecule has 0 bridgehead atoms. The van der Waals surface area contributed by atoms with E-state index in [0.717, 1.165) is 6.42 Å². The summed E-state index contributed by atoms with van der Waals surface area (Å²) < 4.78 is 6.05. The molecule has 0 aromatic rings. The number of unbranched alkanes of at least 4 members (excludes halogenated alkanes) is 1. The van der Waals surface area contributed by atoms with Gasteiger partial charge in [-0.2, -0.15) is 0 Å². The lowest BCUT2D eigenvalue weighted by molar-refractivity contribution is 0.227. The van der Waals surface area contributed by atoms with Crippen molar-refractivity contribution in [3.05, 3.63) is 24.8 Å². The fraction of sp³-hybridized carbons (Fsp3) is 0.667.